The van der Waals surface area contributed by atoms with E-state index < -0.39 is 10.0 Å². The lowest BCUT2D eigenvalue weighted by Crippen LogP contribution is -2.39. The van der Waals surface area contributed by atoms with Gasteiger partial charge in [-0.1, -0.05) is 13.8 Å². The van der Waals surface area contributed by atoms with Crippen LogP contribution in [0.5, 0.6) is 0 Å². The second-order valence-electron chi connectivity index (χ2n) is 7.48. The van der Waals surface area contributed by atoms with Gasteiger partial charge in [-0.15, -0.1) is 0 Å². The van der Waals surface area contributed by atoms with Crippen LogP contribution < -0.4 is 5.32 Å². The van der Waals surface area contributed by atoms with Gasteiger partial charge < -0.3 is 5.32 Å². The predicted octanol–water partition coefficient (Wildman–Crippen LogP) is 2.48. The third-order valence-corrected chi connectivity index (χ3v) is 8.25. The van der Waals surface area contributed by atoms with Crippen molar-refractivity contribution in [3.8, 4) is 0 Å². The molecule has 150 valence electrons. The number of anilines is 1. The van der Waals surface area contributed by atoms with Crippen molar-refractivity contribution in [3.63, 3.8) is 0 Å². The topological polar surface area (TPSA) is 69.7 Å². The number of hydrogen-bond donors (Lipinski definition) is 1. The first-order valence-corrected chi connectivity index (χ1v) is 12.2. The fourth-order valence-corrected chi connectivity index (χ4v) is 6.20. The van der Waals surface area contributed by atoms with E-state index in [2.05, 4.69) is 10.2 Å². The normalized spacial score (nSPS) is 22.7. The minimum atomic E-state index is -3.51. The molecular formula is C19H29N3O3S2. The maximum Gasteiger partial charge on any atom is 0.243 e. The van der Waals surface area contributed by atoms with E-state index in [1.54, 1.807) is 28.6 Å². The number of nitrogens with zero attached hydrogens (tertiary/aromatic N) is 2. The fourth-order valence-electron chi connectivity index (χ4n) is 3.48. The first-order chi connectivity index (χ1) is 12.9. The molecule has 0 aromatic heterocycles. The molecule has 2 fully saturated rings. The lowest BCUT2D eigenvalue weighted by molar-refractivity contribution is -0.118. The molecule has 0 spiro atoms. The highest BCUT2D eigenvalue weighted by Gasteiger charge is 2.30. The Balaban J connectivity index is 1.65. The molecule has 2 aliphatic rings. The van der Waals surface area contributed by atoms with Crippen LogP contribution >= 0.6 is 11.8 Å². The number of thioether (sulfide) groups is 1. The molecule has 0 saturated carbocycles. The Morgan fingerprint density at radius 2 is 1.89 bits per heavy atom. The lowest BCUT2D eigenvalue weighted by Gasteiger charge is -2.26. The zero-order valence-electron chi connectivity index (χ0n) is 16.1. The van der Waals surface area contributed by atoms with Crippen molar-refractivity contribution in [1.82, 2.24) is 9.21 Å². The summed E-state index contributed by atoms with van der Waals surface area (Å²) in [6.07, 6.45) is 2.07. The molecule has 1 unspecified atom stereocenters. The van der Waals surface area contributed by atoms with Crippen molar-refractivity contribution >= 4 is 33.4 Å². The quantitative estimate of drug-likeness (QED) is 0.806. The minimum absolute atomic E-state index is 0.0803. The first kappa shape index (κ1) is 20.6. The van der Waals surface area contributed by atoms with Gasteiger partial charge in [0.05, 0.1) is 4.90 Å². The van der Waals surface area contributed by atoms with Gasteiger partial charge in [-0.25, -0.2) is 8.42 Å². The van der Waals surface area contributed by atoms with Crippen LogP contribution in [0.2, 0.25) is 0 Å². The average molecular weight is 412 g/mol. The summed E-state index contributed by atoms with van der Waals surface area (Å²) in [5, 5.41) is 2.79. The number of nitrogens with one attached hydrogen (secondary N) is 1. The van der Waals surface area contributed by atoms with Gasteiger partial charge in [-0.2, -0.15) is 16.1 Å². The number of rotatable bonds is 5. The summed E-state index contributed by atoms with van der Waals surface area (Å²) >= 11 is 1.99. The van der Waals surface area contributed by atoms with Crippen molar-refractivity contribution in [1.29, 1.82) is 0 Å². The van der Waals surface area contributed by atoms with E-state index in [-0.39, 0.29) is 16.7 Å². The summed E-state index contributed by atoms with van der Waals surface area (Å²) in [5.41, 5.74) is 0.619. The van der Waals surface area contributed by atoms with Gasteiger partial charge in [-0.3, -0.25) is 9.69 Å². The Morgan fingerprint density at radius 3 is 2.52 bits per heavy atom. The van der Waals surface area contributed by atoms with Crippen molar-refractivity contribution in [2.45, 2.75) is 37.6 Å². The molecule has 0 bridgehead atoms. The van der Waals surface area contributed by atoms with Gasteiger partial charge in [0.2, 0.25) is 15.9 Å². The molecule has 1 atom stereocenters. The van der Waals surface area contributed by atoms with Crippen LogP contribution in [0.4, 0.5) is 5.69 Å². The Kier molecular flexibility index (Phi) is 6.83. The Labute approximate surface area is 166 Å². The molecule has 0 radical (unpaired) electrons. The zero-order valence-corrected chi connectivity index (χ0v) is 17.7. The first-order valence-electron chi connectivity index (χ1n) is 9.61. The van der Waals surface area contributed by atoms with Crippen molar-refractivity contribution in [3.05, 3.63) is 24.3 Å². The maximum atomic E-state index is 13.0. The molecule has 3 rings (SSSR count). The Morgan fingerprint density at radius 1 is 1.15 bits per heavy atom. The Bertz CT molecular complexity index is 744. The van der Waals surface area contributed by atoms with Gasteiger partial charge in [0.25, 0.3) is 0 Å². The largest absolute Gasteiger partial charge is 0.326 e. The minimum Gasteiger partial charge on any atom is -0.326 e. The molecule has 1 aromatic carbocycles. The highest BCUT2D eigenvalue weighted by atomic mass is 32.2. The number of benzene rings is 1. The van der Waals surface area contributed by atoms with Gasteiger partial charge in [0.15, 0.2) is 0 Å². The van der Waals surface area contributed by atoms with Crippen LogP contribution in [-0.2, 0) is 14.8 Å². The highest BCUT2D eigenvalue weighted by molar-refractivity contribution is 7.99. The predicted molar refractivity (Wildman–Crippen MR) is 111 cm³/mol. The van der Waals surface area contributed by atoms with Gasteiger partial charge >= 0.3 is 0 Å². The molecular weight excluding hydrogens is 382 g/mol. The molecule has 27 heavy (non-hydrogen) atoms. The second-order valence-corrected chi connectivity index (χ2v) is 10.6. The van der Waals surface area contributed by atoms with E-state index in [0.717, 1.165) is 25.3 Å². The number of amides is 1. The molecule has 6 nitrogen and oxygen atoms in total. The summed E-state index contributed by atoms with van der Waals surface area (Å²) in [6, 6.07) is 7.09. The molecule has 8 heteroatoms. The molecule has 1 aromatic rings. The van der Waals surface area contributed by atoms with Crippen molar-refractivity contribution < 1.29 is 13.2 Å². The highest BCUT2D eigenvalue weighted by Crippen LogP contribution is 2.25. The van der Waals surface area contributed by atoms with Crippen LogP contribution in [0.15, 0.2) is 29.2 Å². The fraction of sp³-hybridized carbons (Fsp3) is 0.632. The van der Waals surface area contributed by atoms with Crippen LogP contribution in [-0.4, -0.2) is 67.3 Å². The van der Waals surface area contributed by atoms with E-state index in [1.807, 2.05) is 25.6 Å². The van der Waals surface area contributed by atoms with Crippen molar-refractivity contribution in [2.75, 3.05) is 43.0 Å². The van der Waals surface area contributed by atoms with Crippen LogP contribution in [0.25, 0.3) is 0 Å². The van der Waals surface area contributed by atoms with E-state index in [0.29, 0.717) is 24.8 Å². The lowest BCUT2D eigenvalue weighted by atomic mass is 10.2. The summed E-state index contributed by atoms with van der Waals surface area (Å²) in [7, 11) is -3.51. The van der Waals surface area contributed by atoms with Crippen LogP contribution in [0, 0.1) is 5.92 Å². The molecule has 1 N–H and O–H groups in total. The molecule has 1 amide bonds. The Hall–Kier alpha value is -1.09. The second kappa shape index (κ2) is 8.94. The molecule has 2 heterocycles. The average Bonchev–Trinajstić information content (AvgIpc) is 3.06. The third kappa shape index (κ3) is 5.04. The van der Waals surface area contributed by atoms with E-state index in [9.17, 15) is 13.2 Å². The van der Waals surface area contributed by atoms with Gasteiger partial charge in [-0.05, 0) is 49.4 Å². The van der Waals surface area contributed by atoms with E-state index in [1.165, 1.54) is 12.2 Å². The molecule has 2 saturated heterocycles. The van der Waals surface area contributed by atoms with Crippen LogP contribution in [0.3, 0.4) is 0 Å². The number of hydrogen-bond acceptors (Lipinski definition) is 5. The molecule has 0 aliphatic carbocycles. The molecule has 2 aliphatic heterocycles. The standard InChI is InChI=1S/C19H29N3O3S2/c1-15(2)19(23)20-16-4-6-18(7-5-16)27(24,25)22-10-3-9-21(11-12-22)17-8-13-26-14-17/h4-7,15,17H,3,8-14H2,1-2H3,(H,20,23). The monoisotopic (exact) mass is 411 g/mol. The zero-order chi connectivity index (χ0) is 19.4. The third-order valence-electron chi connectivity index (χ3n) is 5.20. The van der Waals surface area contributed by atoms with E-state index >= 15 is 0 Å². The van der Waals surface area contributed by atoms with Gasteiger partial charge in [0.1, 0.15) is 0 Å². The van der Waals surface area contributed by atoms with E-state index in [4.69, 9.17) is 0 Å². The number of carbonyl (C=O) groups excluding carboxylic acids is 1. The van der Waals surface area contributed by atoms with Crippen molar-refractivity contribution in [2.24, 2.45) is 5.92 Å². The summed E-state index contributed by atoms with van der Waals surface area (Å²) in [4.78, 5) is 14.5. The summed E-state index contributed by atoms with van der Waals surface area (Å²) in [6.45, 7) is 6.51. The van der Waals surface area contributed by atoms with Gasteiger partial charge in [0, 0.05) is 43.0 Å². The SMILES string of the molecule is CC(C)C(=O)Nc1ccc(S(=O)(=O)N2CCCN(C3CCSC3)CC2)cc1. The summed E-state index contributed by atoms with van der Waals surface area (Å²) < 4.78 is 27.7. The number of sulfonamides is 1. The number of carbonyl (C=O) groups is 1. The maximum absolute atomic E-state index is 13.0. The smallest absolute Gasteiger partial charge is 0.243 e. The summed E-state index contributed by atoms with van der Waals surface area (Å²) in [5.74, 6) is 2.18. The van der Waals surface area contributed by atoms with Crippen LogP contribution in [0.1, 0.15) is 26.7 Å².